The van der Waals surface area contributed by atoms with Crippen molar-refractivity contribution in [3.8, 4) is 20.9 Å². The van der Waals surface area contributed by atoms with Crippen LogP contribution in [0.1, 0.15) is 86.1 Å². The van der Waals surface area contributed by atoms with E-state index < -0.39 is 0 Å². The largest absolute Gasteiger partial charge is 0.140 e. The molecule has 0 unspecified atom stereocenters. The van der Waals surface area contributed by atoms with Gasteiger partial charge in [0.1, 0.15) is 0 Å². The van der Waals surface area contributed by atoms with E-state index in [1.165, 1.54) is 94.8 Å². The van der Waals surface area contributed by atoms with Crippen molar-refractivity contribution in [1.82, 2.24) is 0 Å². The van der Waals surface area contributed by atoms with Crippen molar-refractivity contribution in [2.24, 2.45) is 0 Å². The summed E-state index contributed by atoms with van der Waals surface area (Å²) in [6.07, 6.45) is 13.0. The molecular weight excluding hydrogens is 400 g/mol. The topological polar surface area (TPSA) is 0 Å². The van der Waals surface area contributed by atoms with Crippen LogP contribution in [0.5, 0.6) is 0 Å². The highest BCUT2D eigenvalue weighted by Crippen LogP contribution is 2.43. The third-order valence-electron chi connectivity index (χ3n) is 5.88. The van der Waals surface area contributed by atoms with E-state index in [9.17, 15) is 0 Å². The lowest BCUT2D eigenvalue weighted by molar-refractivity contribution is 0.667. The molecule has 0 N–H and O–H groups in total. The summed E-state index contributed by atoms with van der Waals surface area (Å²) in [4.78, 5) is 5.88. The summed E-state index contributed by atoms with van der Waals surface area (Å²) in [5.41, 5.74) is 5.99. The first kappa shape index (κ1) is 23.3. The molecule has 0 saturated heterocycles. The fourth-order valence-corrected chi connectivity index (χ4v) is 6.53. The van der Waals surface area contributed by atoms with Crippen molar-refractivity contribution >= 4 is 22.7 Å². The van der Waals surface area contributed by atoms with Crippen molar-refractivity contribution in [3.63, 3.8) is 0 Å². The minimum atomic E-state index is 1.21. The van der Waals surface area contributed by atoms with Crippen molar-refractivity contribution in [3.05, 3.63) is 57.3 Å². The first-order valence-corrected chi connectivity index (χ1v) is 13.6. The second-order valence-electron chi connectivity index (χ2n) is 8.59. The minimum absolute atomic E-state index is 1.21. The van der Waals surface area contributed by atoms with Gasteiger partial charge in [0.2, 0.25) is 0 Å². The predicted molar refractivity (Wildman–Crippen MR) is 138 cm³/mol. The van der Waals surface area contributed by atoms with E-state index in [2.05, 4.69) is 64.1 Å². The standard InChI is InChI=1S/C28H38S2/c1-5-7-9-11-15-23-19-21(3)29-27(23)25-17-13-14-18-26(25)28-24(20-22(4)30-28)16-12-10-8-6-2/h13-14,17-20H,5-12,15-16H2,1-4H3. The fraction of sp³-hybridized carbons (Fsp3) is 0.500. The van der Waals surface area contributed by atoms with Crippen LogP contribution in [-0.2, 0) is 12.8 Å². The molecule has 0 saturated carbocycles. The molecule has 30 heavy (non-hydrogen) atoms. The molecule has 0 aliphatic heterocycles. The van der Waals surface area contributed by atoms with E-state index in [1.807, 2.05) is 22.7 Å². The summed E-state index contributed by atoms with van der Waals surface area (Å²) in [6, 6.07) is 14.0. The van der Waals surface area contributed by atoms with Gasteiger partial charge >= 0.3 is 0 Å². The normalized spacial score (nSPS) is 11.3. The summed E-state index contributed by atoms with van der Waals surface area (Å²) in [5.74, 6) is 0. The molecule has 2 heterocycles. The van der Waals surface area contributed by atoms with Crippen LogP contribution in [0.4, 0.5) is 0 Å². The number of hydrogen-bond acceptors (Lipinski definition) is 2. The van der Waals surface area contributed by atoms with Crippen LogP contribution < -0.4 is 0 Å². The van der Waals surface area contributed by atoms with Gasteiger partial charge in [0, 0.05) is 30.6 Å². The SMILES string of the molecule is CCCCCCc1cc(C)sc1-c1ccccc1-c1sc(C)cc1CCCCCC. The lowest BCUT2D eigenvalue weighted by Gasteiger charge is -2.12. The molecule has 0 atom stereocenters. The van der Waals surface area contributed by atoms with Gasteiger partial charge in [-0.25, -0.2) is 0 Å². The lowest BCUT2D eigenvalue weighted by atomic mass is 9.96. The van der Waals surface area contributed by atoms with E-state index >= 15 is 0 Å². The van der Waals surface area contributed by atoms with Crippen molar-refractivity contribution < 1.29 is 0 Å². The lowest BCUT2D eigenvalue weighted by Crippen LogP contribution is -1.91. The van der Waals surface area contributed by atoms with E-state index in [0.717, 1.165) is 0 Å². The quantitative estimate of drug-likeness (QED) is 0.247. The van der Waals surface area contributed by atoms with Gasteiger partial charge in [-0.05, 0) is 62.8 Å². The van der Waals surface area contributed by atoms with Gasteiger partial charge in [0.25, 0.3) is 0 Å². The van der Waals surface area contributed by atoms with Crippen LogP contribution in [0.3, 0.4) is 0 Å². The monoisotopic (exact) mass is 438 g/mol. The Balaban J connectivity index is 1.91. The number of aryl methyl sites for hydroxylation is 4. The van der Waals surface area contributed by atoms with Gasteiger partial charge in [-0.2, -0.15) is 0 Å². The van der Waals surface area contributed by atoms with E-state index in [0.29, 0.717) is 0 Å². The summed E-state index contributed by atoms with van der Waals surface area (Å²) in [6.45, 7) is 9.11. The average Bonchev–Trinajstić information content (AvgIpc) is 3.30. The molecule has 2 heteroatoms. The summed E-state index contributed by atoms with van der Waals surface area (Å²) >= 11 is 3.96. The molecule has 1 aromatic carbocycles. The second kappa shape index (κ2) is 11.9. The Morgan fingerprint density at radius 1 is 0.600 bits per heavy atom. The smallest absolute Gasteiger partial charge is 0.0384 e. The van der Waals surface area contributed by atoms with Crippen LogP contribution >= 0.6 is 22.7 Å². The summed E-state index contributed by atoms with van der Waals surface area (Å²) in [5, 5.41) is 0. The average molecular weight is 439 g/mol. The zero-order valence-corrected chi connectivity index (χ0v) is 21.0. The number of rotatable bonds is 12. The van der Waals surface area contributed by atoms with Gasteiger partial charge in [0.05, 0.1) is 0 Å². The first-order valence-electron chi connectivity index (χ1n) is 11.9. The summed E-state index contributed by atoms with van der Waals surface area (Å²) in [7, 11) is 0. The molecular formula is C28H38S2. The molecule has 162 valence electrons. The first-order chi connectivity index (χ1) is 14.6. The Morgan fingerprint density at radius 3 is 1.43 bits per heavy atom. The Kier molecular flexibility index (Phi) is 9.21. The predicted octanol–water partition coefficient (Wildman–Crippen LogP) is 10.0. The fourth-order valence-electron chi connectivity index (χ4n) is 4.32. The van der Waals surface area contributed by atoms with E-state index in [1.54, 1.807) is 11.1 Å². The molecule has 0 aliphatic rings. The van der Waals surface area contributed by atoms with Gasteiger partial charge in [-0.3, -0.25) is 0 Å². The zero-order chi connectivity index (χ0) is 21.3. The highest BCUT2D eigenvalue weighted by molar-refractivity contribution is 7.16. The number of thiophene rings is 2. The highest BCUT2D eigenvalue weighted by atomic mass is 32.1. The molecule has 3 rings (SSSR count). The molecule has 2 aromatic heterocycles. The Labute approximate surface area is 192 Å². The zero-order valence-electron chi connectivity index (χ0n) is 19.4. The molecule has 0 spiro atoms. The molecule has 0 bridgehead atoms. The number of hydrogen-bond donors (Lipinski definition) is 0. The molecule has 0 amide bonds. The van der Waals surface area contributed by atoms with Crippen LogP contribution in [-0.4, -0.2) is 0 Å². The molecule has 3 aromatic rings. The van der Waals surface area contributed by atoms with Crippen molar-refractivity contribution in [2.75, 3.05) is 0 Å². The summed E-state index contributed by atoms with van der Waals surface area (Å²) < 4.78 is 0. The van der Waals surface area contributed by atoms with Crippen LogP contribution in [0.2, 0.25) is 0 Å². The minimum Gasteiger partial charge on any atom is -0.140 e. The van der Waals surface area contributed by atoms with Gasteiger partial charge in [-0.15, -0.1) is 22.7 Å². The molecule has 0 radical (unpaired) electrons. The van der Waals surface area contributed by atoms with Crippen molar-refractivity contribution in [1.29, 1.82) is 0 Å². The van der Waals surface area contributed by atoms with Gasteiger partial charge in [0.15, 0.2) is 0 Å². The second-order valence-corrected chi connectivity index (χ2v) is 11.1. The van der Waals surface area contributed by atoms with Gasteiger partial charge in [-0.1, -0.05) is 76.6 Å². The third-order valence-corrected chi connectivity index (χ3v) is 8.13. The maximum absolute atomic E-state index is 2.44. The van der Waals surface area contributed by atoms with Crippen molar-refractivity contribution in [2.45, 2.75) is 91.9 Å². The molecule has 0 aliphatic carbocycles. The number of unbranched alkanes of at least 4 members (excludes halogenated alkanes) is 6. The third kappa shape index (κ3) is 6.08. The highest BCUT2D eigenvalue weighted by Gasteiger charge is 2.17. The Bertz CT molecular complexity index is 837. The Morgan fingerprint density at radius 2 is 1.03 bits per heavy atom. The molecule has 0 fully saturated rings. The number of benzene rings is 1. The van der Waals surface area contributed by atoms with E-state index in [4.69, 9.17) is 0 Å². The Hall–Kier alpha value is -1.38. The van der Waals surface area contributed by atoms with Crippen LogP contribution in [0, 0.1) is 13.8 Å². The maximum Gasteiger partial charge on any atom is 0.0384 e. The van der Waals surface area contributed by atoms with Crippen LogP contribution in [0.15, 0.2) is 36.4 Å². The van der Waals surface area contributed by atoms with E-state index in [-0.39, 0.29) is 0 Å². The van der Waals surface area contributed by atoms with Gasteiger partial charge < -0.3 is 0 Å². The molecule has 0 nitrogen and oxygen atoms in total. The maximum atomic E-state index is 2.44. The van der Waals surface area contributed by atoms with Crippen LogP contribution in [0.25, 0.3) is 20.9 Å².